The number of ether oxygens (including phenoxy) is 3. The molecule has 9 rings (SSSR count). The maximum atomic E-state index is 12.6. The number of rotatable bonds is 14. The number of imide groups is 1. The molecule has 9 heterocycles. The van der Waals surface area contributed by atoms with Crippen LogP contribution in [0.1, 0.15) is 15.9 Å². The Morgan fingerprint density at radius 1 is 0.607 bits per heavy atom. The molecule has 4 atom stereocenters. The van der Waals surface area contributed by atoms with Crippen LogP contribution in [0.25, 0.3) is 45.6 Å². The summed E-state index contributed by atoms with van der Waals surface area (Å²) >= 11 is 0. The second-order valence-corrected chi connectivity index (χ2v) is 14.2. The molecule has 61 heavy (non-hydrogen) atoms. The Hall–Kier alpha value is -6.25. The van der Waals surface area contributed by atoms with E-state index < -0.39 is 0 Å². The summed E-state index contributed by atoms with van der Waals surface area (Å²) < 4.78 is 16.7. The van der Waals surface area contributed by atoms with Crippen LogP contribution in [0.4, 0.5) is 0 Å². The first kappa shape index (κ1) is 42.9. The number of carbonyl (C=O) groups is 3. The third-order valence-electron chi connectivity index (χ3n) is 10.2. The molecule has 1 N–H and O–H groups in total. The van der Waals surface area contributed by atoms with E-state index in [1.165, 1.54) is 4.90 Å². The van der Waals surface area contributed by atoms with Crippen LogP contribution in [0.15, 0.2) is 134 Å². The molecule has 2 bridgehead atoms. The van der Waals surface area contributed by atoms with E-state index in [9.17, 15) is 14.4 Å². The van der Waals surface area contributed by atoms with E-state index in [1.54, 1.807) is 36.9 Å². The van der Waals surface area contributed by atoms with Gasteiger partial charge < -0.3 is 19.5 Å². The molecule has 0 spiro atoms. The number of hydrogen-bond donors (Lipinski definition) is 1. The molecule has 0 aliphatic carbocycles. The average Bonchev–Trinajstić information content (AvgIpc) is 4.00. The van der Waals surface area contributed by atoms with Crippen LogP contribution in [0.3, 0.4) is 0 Å². The fourth-order valence-corrected chi connectivity index (χ4v) is 7.26. The average molecular weight is 904 g/mol. The van der Waals surface area contributed by atoms with Crippen LogP contribution in [0.5, 0.6) is 0 Å². The van der Waals surface area contributed by atoms with Gasteiger partial charge in [-0.3, -0.25) is 39.2 Å². The predicted octanol–water partition coefficient (Wildman–Crippen LogP) is 5.42. The van der Waals surface area contributed by atoms with Gasteiger partial charge in [-0.1, -0.05) is 36.4 Å². The minimum atomic E-state index is -0.385. The zero-order valence-corrected chi connectivity index (χ0v) is 34.9. The van der Waals surface area contributed by atoms with Crippen LogP contribution >= 0.6 is 0 Å². The second-order valence-electron chi connectivity index (χ2n) is 14.2. The van der Waals surface area contributed by atoms with Crippen molar-refractivity contribution in [3.8, 4) is 45.6 Å². The molecular weight excluding hydrogens is 862 g/mol. The minimum Gasteiger partial charge on any atom is -0.377 e. The van der Waals surface area contributed by atoms with Gasteiger partial charge in [0.25, 0.3) is 5.91 Å². The van der Waals surface area contributed by atoms with Crippen LogP contribution in [-0.2, 0) is 43.3 Å². The van der Waals surface area contributed by atoms with Crippen molar-refractivity contribution in [1.82, 2.24) is 40.1 Å². The predicted molar refractivity (Wildman–Crippen MR) is 222 cm³/mol. The number of nitrogens with zero attached hydrogens (tertiary/aromatic N) is 7. The quantitative estimate of drug-likeness (QED) is 0.0639. The van der Waals surface area contributed by atoms with Crippen molar-refractivity contribution in [3.63, 3.8) is 0 Å². The Morgan fingerprint density at radius 2 is 1.11 bits per heavy atom. The van der Waals surface area contributed by atoms with Crippen molar-refractivity contribution in [2.75, 3.05) is 39.5 Å². The van der Waals surface area contributed by atoms with Gasteiger partial charge in [-0.15, -0.1) is 0 Å². The van der Waals surface area contributed by atoms with Gasteiger partial charge in [0.15, 0.2) is 0 Å². The summed E-state index contributed by atoms with van der Waals surface area (Å²) in [6.45, 7) is 3.79. The van der Waals surface area contributed by atoms with E-state index in [2.05, 4.69) is 25.3 Å². The standard InChI is InChI=1S/C26H28N4O6.C20H14N4.Ru/c1-16-4-6-27-18(14-16)19-15-17(5-7-28-19)24(31)29-8-10-34-12-13-35-11-9-30-25(32)22-20-2-3-21(36-20)23(22)26(30)33;1-3-13-21-15(7-1)17-9-5-11-19(23-17)20-12-6-10-18(24-20)16-8-2-4-14-22-16;/h2-7,14-15,20-23H,8-13H2,1H3,(H,29,31);1-14H;. The Kier molecular flexibility index (Phi) is 14.3. The number of fused-ring (bicyclic) bond motifs is 5. The number of amides is 3. The zero-order valence-electron chi connectivity index (χ0n) is 33.2. The summed E-state index contributed by atoms with van der Waals surface area (Å²) in [5, 5.41) is 2.82. The third-order valence-corrected chi connectivity index (χ3v) is 10.2. The monoisotopic (exact) mass is 904 g/mol. The molecule has 2 saturated heterocycles. The van der Waals surface area contributed by atoms with Gasteiger partial charge in [0.05, 0.1) is 103 Å². The number of likely N-dealkylation sites (tertiary alicyclic amines) is 1. The van der Waals surface area contributed by atoms with Gasteiger partial charge in [-0.2, -0.15) is 0 Å². The van der Waals surface area contributed by atoms with E-state index in [-0.39, 0.29) is 74.4 Å². The number of pyridine rings is 6. The van der Waals surface area contributed by atoms with E-state index >= 15 is 0 Å². The zero-order chi connectivity index (χ0) is 41.3. The summed E-state index contributed by atoms with van der Waals surface area (Å²) in [7, 11) is 0. The first-order valence-corrected chi connectivity index (χ1v) is 19.7. The van der Waals surface area contributed by atoms with E-state index in [0.29, 0.717) is 43.3 Å². The molecule has 3 aliphatic rings. The number of aromatic nitrogens is 6. The van der Waals surface area contributed by atoms with E-state index in [1.807, 2.05) is 104 Å². The first-order chi connectivity index (χ1) is 29.4. The molecule has 6 aromatic rings. The van der Waals surface area contributed by atoms with Crippen molar-refractivity contribution in [3.05, 3.63) is 145 Å². The Balaban J connectivity index is 0.000000195. The smallest absolute Gasteiger partial charge is 0.251 e. The number of hydrogen-bond acceptors (Lipinski definition) is 12. The van der Waals surface area contributed by atoms with Crippen molar-refractivity contribution < 1.29 is 48.1 Å². The van der Waals surface area contributed by atoms with Gasteiger partial charge >= 0.3 is 0 Å². The van der Waals surface area contributed by atoms with Crippen LogP contribution in [0, 0.1) is 18.8 Å². The minimum absolute atomic E-state index is 0. The molecule has 15 heteroatoms. The fourth-order valence-electron chi connectivity index (χ4n) is 7.26. The number of nitrogens with one attached hydrogen (secondary N) is 1. The normalized spacial score (nSPS) is 18.3. The molecule has 3 aliphatic heterocycles. The summed E-state index contributed by atoms with van der Waals surface area (Å²) in [6.07, 6.45) is 10.0. The molecule has 0 aromatic carbocycles. The molecule has 4 unspecified atom stereocenters. The van der Waals surface area contributed by atoms with Gasteiger partial charge in [0, 0.05) is 56.4 Å². The Morgan fingerprint density at radius 3 is 1.67 bits per heavy atom. The van der Waals surface area contributed by atoms with Gasteiger partial charge in [0.1, 0.15) is 0 Å². The maximum Gasteiger partial charge on any atom is 0.251 e. The van der Waals surface area contributed by atoms with Gasteiger partial charge in [-0.05, 0) is 85.3 Å². The Labute approximate surface area is 365 Å². The molecule has 14 nitrogen and oxygen atoms in total. The molecule has 0 saturated carbocycles. The molecule has 310 valence electrons. The van der Waals surface area contributed by atoms with Crippen molar-refractivity contribution >= 4 is 17.7 Å². The van der Waals surface area contributed by atoms with Crippen molar-refractivity contribution in [2.24, 2.45) is 11.8 Å². The topological polar surface area (TPSA) is 172 Å². The van der Waals surface area contributed by atoms with Crippen molar-refractivity contribution in [2.45, 2.75) is 19.1 Å². The maximum absolute atomic E-state index is 12.6. The number of carbonyl (C=O) groups excluding carboxylic acids is 3. The molecule has 0 radical (unpaired) electrons. The fraction of sp³-hybridized carbons (Fsp3) is 0.239. The summed E-state index contributed by atoms with van der Waals surface area (Å²) in [4.78, 5) is 65.6. The molecule has 2 fully saturated rings. The van der Waals surface area contributed by atoms with Crippen molar-refractivity contribution in [1.29, 1.82) is 0 Å². The largest absolute Gasteiger partial charge is 0.377 e. The second kappa shape index (κ2) is 20.3. The van der Waals surface area contributed by atoms with Crippen LogP contribution in [-0.4, -0.2) is 104 Å². The molecular formula is C46H42N8O6Ru. The SMILES string of the molecule is Cc1ccnc(-c2cc(C(=O)NCCOCCOCCN3C(=O)C4C5C=CC(O5)C4C3=O)ccn2)c1.[Ru].c1ccc(-c2cccc(-c3cccc(-c4ccccn4)n3)n2)nc1. The van der Waals surface area contributed by atoms with E-state index in [0.717, 1.165) is 39.7 Å². The van der Waals surface area contributed by atoms with E-state index in [4.69, 9.17) is 24.2 Å². The summed E-state index contributed by atoms with van der Waals surface area (Å²) in [6, 6.07) is 30.5. The van der Waals surface area contributed by atoms with Crippen LogP contribution in [0.2, 0.25) is 0 Å². The Bertz CT molecular complexity index is 2380. The molecule has 3 amide bonds. The summed E-state index contributed by atoms with van der Waals surface area (Å²) in [5.41, 5.74) is 7.91. The molecule has 6 aromatic heterocycles. The summed E-state index contributed by atoms with van der Waals surface area (Å²) in [5.74, 6) is -1.33. The first-order valence-electron chi connectivity index (χ1n) is 19.7. The third kappa shape index (κ3) is 10.2. The van der Waals surface area contributed by atoms with Crippen LogP contribution < -0.4 is 5.32 Å². The van der Waals surface area contributed by atoms with Gasteiger partial charge in [-0.25, -0.2) is 9.97 Å². The number of aryl methyl sites for hydroxylation is 1. The van der Waals surface area contributed by atoms with Gasteiger partial charge in [0.2, 0.25) is 11.8 Å².